The predicted molar refractivity (Wildman–Crippen MR) is 73.2 cm³/mol. The molecule has 0 aromatic carbocycles. The first-order valence-corrected chi connectivity index (χ1v) is 6.87. The zero-order valence-electron chi connectivity index (χ0n) is 12.2. The summed E-state index contributed by atoms with van der Waals surface area (Å²) in [6, 6.07) is -1.31. The number of carboxylic acids is 1. The van der Waals surface area contributed by atoms with E-state index >= 15 is 0 Å². The van der Waals surface area contributed by atoms with Crippen molar-refractivity contribution in [2.45, 2.75) is 33.2 Å². The second-order valence-corrected chi connectivity index (χ2v) is 5.60. The van der Waals surface area contributed by atoms with Gasteiger partial charge in [0.15, 0.2) is 0 Å². The molecule has 0 spiro atoms. The minimum absolute atomic E-state index is 0.0759. The van der Waals surface area contributed by atoms with Gasteiger partial charge < -0.3 is 20.6 Å². The van der Waals surface area contributed by atoms with Gasteiger partial charge in [-0.25, -0.2) is 9.59 Å². The topological polar surface area (TPSA) is 98.7 Å². The number of carbonyl (C=O) groups is 3. The van der Waals surface area contributed by atoms with Crippen molar-refractivity contribution in [2.24, 2.45) is 11.8 Å². The van der Waals surface area contributed by atoms with Gasteiger partial charge in [0, 0.05) is 13.1 Å². The number of carboxylic acid groups (broad SMARTS) is 1. The van der Waals surface area contributed by atoms with E-state index in [1.165, 1.54) is 4.90 Å². The molecule has 0 aromatic heterocycles. The van der Waals surface area contributed by atoms with Crippen molar-refractivity contribution in [1.82, 2.24) is 15.5 Å². The smallest absolute Gasteiger partial charge is 0.326 e. The second-order valence-electron chi connectivity index (χ2n) is 5.60. The third-order valence-corrected chi connectivity index (χ3v) is 3.32. The van der Waals surface area contributed by atoms with E-state index < -0.39 is 18.0 Å². The highest BCUT2D eigenvalue weighted by Gasteiger charge is 2.39. The molecule has 3 amide bonds. The standard InChI is InChI=1S/C13H23N3O4/c1-8(2)6-14-10(17)7-15-13(20)16-5-4-9(3)11(16)12(18)19/h8-9,11H,4-7H2,1-3H3,(H,14,17)(H,15,20)(H,18,19). The van der Waals surface area contributed by atoms with Crippen LogP contribution in [0.1, 0.15) is 27.2 Å². The van der Waals surface area contributed by atoms with Crippen LogP contribution in [0.4, 0.5) is 4.79 Å². The van der Waals surface area contributed by atoms with E-state index in [0.29, 0.717) is 25.4 Å². The first kappa shape index (κ1) is 16.3. The minimum atomic E-state index is -1.01. The minimum Gasteiger partial charge on any atom is -0.480 e. The summed E-state index contributed by atoms with van der Waals surface area (Å²) < 4.78 is 0. The molecule has 7 heteroatoms. The highest BCUT2D eigenvalue weighted by molar-refractivity contribution is 5.87. The lowest BCUT2D eigenvalue weighted by molar-refractivity contribution is -0.142. The van der Waals surface area contributed by atoms with Crippen LogP contribution in [0.3, 0.4) is 0 Å². The molecule has 0 bridgehead atoms. The van der Waals surface area contributed by atoms with Gasteiger partial charge in [-0.05, 0) is 18.3 Å². The fourth-order valence-electron chi connectivity index (χ4n) is 2.19. The van der Waals surface area contributed by atoms with Crippen molar-refractivity contribution in [1.29, 1.82) is 0 Å². The van der Waals surface area contributed by atoms with Crippen molar-refractivity contribution in [3.63, 3.8) is 0 Å². The first-order chi connectivity index (χ1) is 9.32. The summed E-state index contributed by atoms with van der Waals surface area (Å²) in [6.07, 6.45) is 0.657. The Bertz CT molecular complexity index is 384. The molecule has 2 atom stereocenters. The molecule has 1 heterocycles. The molecule has 2 unspecified atom stereocenters. The molecule has 20 heavy (non-hydrogen) atoms. The normalized spacial score (nSPS) is 21.9. The van der Waals surface area contributed by atoms with E-state index in [0.717, 1.165) is 0 Å². The van der Waals surface area contributed by atoms with Crippen LogP contribution < -0.4 is 10.6 Å². The number of hydrogen-bond donors (Lipinski definition) is 3. The van der Waals surface area contributed by atoms with Crippen molar-refractivity contribution >= 4 is 17.9 Å². The van der Waals surface area contributed by atoms with Gasteiger partial charge in [0.05, 0.1) is 6.54 Å². The van der Waals surface area contributed by atoms with E-state index in [1.54, 1.807) is 6.92 Å². The molecule has 1 saturated heterocycles. The summed E-state index contributed by atoms with van der Waals surface area (Å²) in [7, 11) is 0. The quantitative estimate of drug-likeness (QED) is 0.675. The summed E-state index contributed by atoms with van der Waals surface area (Å²) in [5, 5.41) is 14.3. The van der Waals surface area contributed by atoms with Gasteiger partial charge in [0.2, 0.25) is 5.91 Å². The molecule has 3 N–H and O–H groups in total. The molecule has 7 nitrogen and oxygen atoms in total. The van der Waals surface area contributed by atoms with E-state index in [2.05, 4.69) is 10.6 Å². The number of likely N-dealkylation sites (tertiary alicyclic amines) is 1. The zero-order chi connectivity index (χ0) is 15.3. The van der Waals surface area contributed by atoms with E-state index in [1.807, 2.05) is 13.8 Å². The lowest BCUT2D eigenvalue weighted by Crippen LogP contribution is -2.49. The largest absolute Gasteiger partial charge is 0.480 e. The molecule has 0 radical (unpaired) electrons. The molecule has 0 aliphatic carbocycles. The van der Waals surface area contributed by atoms with Crippen LogP contribution in [-0.4, -0.2) is 53.6 Å². The van der Waals surface area contributed by atoms with Gasteiger partial charge in [-0.1, -0.05) is 20.8 Å². The molecular formula is C13H23N3O4. The summed E-state index contributed by atoms with van der Waals surface area (Å²) in [5.74, 6) is -1.01. The number of aliphatic carboxylic acids is 1. The van der Waals surface area contributed by atoms with Crippen molar-refractivity contribution in [2.75, 3.05) is 19.6 Å². The number of hydrogen-bond acceptors (Lipinski definition) is 3. The van der Waals surface area contributed by atoms with E-state index in [-0.39, 0.29) is 18.4 Å². The van der Waals surface area contributed by atoms with Crippen molar-refractivity contribution in [3.8, 4) is 0 Å². The predicted octanol–water partition coefficient (Wildman–Crippen LogP) is 0.263. The molecular weight excluding hydrogens is 262 g/mol. The van der Waals surface area contributed by atoms with Crippen LogP contribution in [0.15, 0.2) is 0 Å². The lowest BCUT2D eigenvalue weighted by Gasteiger charge is -2.23. The number of amides is 3. The van der Waals surface area contributed by atoms with Gasteiger partial charge in [0.1, 0.15) is 6.04 Å². The monoisotopic (exact) mass is 285 g/mol. The second kappa shape index (κ2) is 7.12. The number of urea groups is 1. The maximum Gasteiger partial charge on any atom is 0.326 e. The molecule has 1 fully saturated rings. The molecule has 1 rings (SSSR count). The lowest BCUT2D eigenvalue weighted by atomic mass is 10.0. The highest BCUT2D eigenvalue weighted by atomic mass is 16.4. The maximum absolute atomic E-state index is 11.9. The molecule has 114 valence electrons. The van der Waals surface area contributed by atoms with Crippen LogP contribution in [0.5, 0.6) is 0 Å². The number of nitrogens with zero attached hydrogens (tertiary/aromatic N) is 1. The Morgan fingerprint density at radius 2 is 1.95 bits per heavy atom. The number of nitrogens with one attached hydrogen (secondary N) is 2. The Balaban J connectivity index is 2.43. The van der Waals surface area contributed by atoms with Crippen molar-refractivity contribution < 1.29 is 19.5 Å². The molecule has 0 aromatic rings. The van der Waals surface area contributed by atoms with Gasteiger partial charge in [-0.3, -0.25) is 4.79 Å². The average molecular weight is 285 g/mol. The molecule has 0 saturated carbocycles. The SMILES string of the molecule is CC(C)CNC(=O)CNC(=O)N1CCC(C)C1C(=O)O. The maximum atomic E-state index is 11.9. The van der Waals surface area contributed by atoms with Crippen LogP contribution in [0, 0.1) is 11.8 Å². The number of carbonyl (C=O) groups excluding carboxylic acids is 2. The van der Waals surface area contributed by atoms with Gasteiger partial charge in [-0.15, -0.1) is 0 Å². The fourth-order valence-corrected chi connectivity index (χ4v) is 2.19. The Kier molecular flexibility index (Phi) is 5.79. The van der Waals surface area contributed by atoms with E-state index in [9.17, 15) is 14.4 Å². The van der Waals surface area contributed by atoms with Gasteiger partial charge >= 0.3 is 12.0 Å². The summed E-state index contributed by atoms with van der Waals surface area (Å²) in [4.78, 5) is 35.8. The van der Waals surface area contributed by atoms with Crippen LogP contribution in [0.25, 0.3) is 0 Å². The Morgan fingerprint density at radius 1 is 1.30 bits per heavy atom. The van der Waals surface area contributed by atoms with Crippen LogP contribution >= 0.6 is 0 Å². The molecule has 1 aliphatic heterocycles. The van der Waals surface area contributed by atoms with E-state index in [4.69, 9.17) is 5.11 Å². The third-order valence-electron chi connectivity index (χ3n) is 3.32. The average Bonchev–Trinajstić information content (AvgIpc) is 2.75. The summed E-state index contributed by atoms with van der Waals surface area (Å²) >= 11 is 0. The first-order valence-electron chi connectivity index (χ1n) is 6.87. The summed E-state index contributed by atoms with van der Waals surface area (Å²) in [6.45, 7) is 6.57. The van der Waals surface area contributed by atoms with Crippen LogP contribution in [0.2, 0.25) is 0 Å². The highest BCUT2D eigenvalue weighted by Crippen LogP contribution is 2.23. The Labute approximate surface area is 118 Å². The fraction of sp³-hybridized carbons (Fsp3) is 0.769. The Morgan fingerprint density at radius 3 is 2.50 bits per heavy atom. The Hall–Kier alpha value is -1.79. The van der Waals surface area contributed by atoms with Gasteiger partial charge in [-0.2, -0.15) is 0 Å². The zero-order valence-corrected chi connectivity index (χ0v) is 12.2. The van der Waals surface area contributed by atoms with Crippen LogP contribution in [-0.2, 0) is 9.59 Å². The van der Waals surface area contributed by atoms with Crippen molar-refractivity contribution in [3.05, 3.63) is 0 Å². The molecule has 1 aliphatic rings. The number of rotatable bonds is 5. The summed E-state index contributed by atoms with van der Waals surface area (Å²) in [5.41, 5.74) is 0. The van der Waals surface area contributed by atoms with Gasteiger partial charge in [0.25, 0.3) is 0 Å². The third kappa shape index (κ3) is 4.40.